The molecule has 0 saturated heterocycles. The molecule has 1 amide bonds. The minimum Gasteiger partial charge on any atom is -0.444 e. The molecule has 1 heterocycles. The maximum atomic E-state index is 12.3. The first-order chi connectivity index (χ1) is 14.3. The number of benzene rings is 1. The van der Waals surface area contributed by atoms with Crippen molar-refractivity contribution in [3.63, 3.8) is 0 Å². The number of hydrogen-bond donors (Lipinski definition) is 0. The summed E-state index contributed by atoms with van der Waals surface area (Å²) in [6.45, 7) is 16.3. The summed E-state index contributed by atoms with van der Waals surface area (Å²) < 4.78 is 7.74. The molecule has 2 aromatic rings. The molecule has 0 aliphatic carbocycles. The lowest BCUT2D eigenvalue weighted by Crippen LogP contribution is -2.37. The number of amides is 1. The first-order valence-corrected chi connectivity index (χ1v) is 11.4. The van der Waals surface area contributed by atoms with Crippen LogP contribution in [0, 0.1) is 5.92 Å². The lowest BCUT2D eigenvalue weighted by molar-refractivity contribution is 0.0255. The maximum absolute atomic E-state index is 12.3. The third kappa shape index (κ3) is 8.60. The van der Waals surface area contributed by atoms with Gasteiger partial charge in [0, 0.05) is 19.6 Å². The van der Waals surface area contributed by atoms with Crippen LogP contribution in [0.3, 0.4) is 0 Å². The molecule has 0 aliphatic rings. The van der Waals surface area contributed by atoms with E-state index in [4.69, 9.17) is 4.74 Å². The zero-order chi connectivity index (χ0) is 22.6. The highest BCUT2D eigenvalue weighted by Gasteiger charge is 2.21. The fourth-order valence-electron chi connectivity index (χ4n) is 3.29. The summed E-state index contributed by atoms with van der Waals surface area (Å²) in [5, 5.41) is 0. The van der Waals surface area contributed by atoms with E-state index >= 15 is 0 Å². The summed E-state index contributed by atoms with van der Waals surface area (Å²) in [6, 6.07) is 10.4. The van der Waals surface area contributed by atoms with Crippen molar-refractivity contribution in [3.8, 4) is 11.3 Å². The van der Waals surface area contributed by atoms with Crippen LogP contribution in [0.1, 0.15) is 67.7 Å². The highest BCUT2D eigenvalue weighted by Crippen LogP contribution is 2.22. The Labute approximate surface area is 183 Å². The van der Waals surface area contributed by atoms with Crippen molar-refractivity contribution in [2.75, 3.05) is 13.1 Å². The van der Waals surface area contributed by atoms with Crippen LogP contribution in [-0.4, -0.2) is 39.2 Å². The molecule has 0 fully saturated rings. The van der Waals surface area contributed by atoms with Gasteiger partial charge in [-0.3, -0.25) is 0 Å². The van der Waals surface area contributed by atoms with Crippen molar-refractivity contribution in [2.24, 2.45) is 5.92 Å². The van der Waals surface area contributed by atoms with Gasteiger partial charge in [0.2, 0.25) is 0 Å². The second-order valence-electron chi connectivity index (χ2n) is 8.27. The van der Waals surface area contributed by atoms with Crippen molar-refractivity contribution in [1.82, 2.24) is 14.5 Å². The molecule has 2 rings (SSSR count). The first kappa shape index (κ1) is 25.7. The van der Waals surface area contributed by atoms with Crippen LogP contribution in [0.25, 0.3) is 11.3 Å². The highest BCUT2D eigenvalue weighted by atomic mass is 16.6. The fraction of sp³-hybridized carbons (Fsp3) is 0.600. The van der Waals surface area contributed by atoms with E-state index in [1.54, 1.807) is 4.90 Å². The molecule has 0 aliphatic heterocycles. The number of ether oxygens (including phenoxy) is 1. The average Bonchev–Trinajstić information content (AvgIpc) is 3.19. The van der Waals surface area contributed by atoms with E-state index in [0.29, 0.717) is 12.5 Å². The van der Waals surface area contributed by atoms with E-state index < -0.39 is 5.60 Å². The molecule has 1 unspecified atom stereocenters. The molecule has 30 heavy (non-hydrogen) atoms. The van der Waals surface area contributed by atoms with Gasteiger partial charge in [-0.2, -0.15) is 0 Å². The number of carbonyl (C=O) groups is 1. The topological polar surface area (TPSA) is 47.4 Å². The zero-order valence-corrected chi connectivity index (χ0v) is 20.0. The number of aromatic nitrogens is 2. The molecule has 0 N–H and O–H groups in total. The minimum absolute atomic E-state index is 0.218. The second-order valence-corrected chi connectivity index (χ2v) is 8.27. The van der Waals surface area contributed by atoms with Gasteiger partial charge in [0.15, 0.2) is 0 Å². The summed E-state index contributed by atoms with van der Waals surface area (Å²) in [5.74, 6) is 0.550. The smallest absolute Gasteiger partial charge is 0.410 e. The third-order valence-corrected chi connectivity index (χ3v) is 4.89. The quantitative estimate of drug-likeness (QED) is 0.461. The van der Waals surface area contributed by atoms with Gasteiger partial charge in [-0.15, -0.1) is 0 Å². The molecule has 1 aromatic heterocycles. The number of hydrogen-bond acceptors (Lipinski definition) is 3. The van der Waals surface area contributed by atoms with Crippen molar-refractivity contribution in [3.05, 3.63) is 42.9 Å². The molecule has 0 bridgehead atoms. The predicted molar refractivity (Wildman–Crippen MR) is 126 cm³/mol. The molecular weight excluding hydrogens is 374 g/mol. The number of carbonyl (C=O) groups excluding carboxylic acids is 1. The van der Waals surface area contributed by atoms with Crippen molar-refractivity contribution >= 4 is 6.09 Å². The Morgan fingerprint density at radius 1 is 1.17 bits per heavy atom. The molecule has 0 spiro atoms. The molecule has 0 radical (unpaired) electrons. The SMILES string of the molecule is CC.CCC(CCCN(CC)C(=O)OC(C)(C)C)Cn1cncc1-c1ccccc1. The Hall–Kier alpha value is -2.30. The molecule has 1 aromatic carbocycles. The van der Waals surface area contributed by atoms with E-state index in [-0.39, 0.29) is 6.09 Å². The Balaban J connectivity index is 0.00000218. The number of imidazole rings is 1. The number of rotatable bonds is 9. The Morgan fingerprint density at radius 3 is 2.40 bits per heavy atom. The Kier molecular flexibility index (Phi) is 11.2. The van der Waals surface area contributed by atoms with Crippen LogP contribution in [0.4, 0.5) is 4.79 Å². The first-order valence-electron chi connectivity index (χ1n) is 11.4. The van der Waals surface area contributed by atoms with E-state index in [9.17, 15) is 4.79 Å². The van der Waals surface area contributed by atoms with Crippen LogP contribution < -0.4 is 0 Å². The lowest BCUT2D eigenvalue weighted by Gasteiger charge is -2.27. The molecule has 5 nitrogen and oxygen atoms in total. The number of nitrogens with zero attached hydrogens (tertiary/aromatic N) is 3. The van der Waals surface area contributed by atoms with Crippen LogP contribution in [0.5, 0.6) is 0 Å². The van der Waals surface area contributed by atoms with Crippen molar-refractivity contribution in [2.45, 2.75) is 79.9 Å². The van der Waals surface area contributed by atoms with Gasteiger partial charge in [-0.25, -0.2) is 9.78 Å². The van der Waals surface area contributed by atoms with Gasteiger partial charge < -0.3 is 14.2 Å². The Morgan fingerprint density at radius 2 is 1.83 bits per heavy atom. The fourth-order valence-corrected chi connectivity index (χ4v) is 3.29. The van der Waals surface area contributed by atoms with Gasteiger partial charge >= 0.3 is 6.09 Å². The lowest BCUT2D eigenvalue weighted by atomic mass is 9.99. The van der Waals surface area contributed by atoms with Crippen LogP contribution in [0.2, 0.25) is 0 Å². The van der Waals surface area contributed by atoms with Gasteiger partial charge in [-0.1, -0.05) is 57.5 Å². The van der Waals surface area contributed by atoms with E-state index in [1.807, 2.05) is 60.1 Å². The van der Waals surface area contributed by atoms with E-state index in [0.717, 1.165) is 38.0 Å². The van der Waals surface area contributed by atoms with Crippen LogP contribution >= 0.6 is 0 Å². The molecule has 168 valence electrons. The van der Waals surface area contributed by atoms with Gasteiger partial charge in [0.05, 0.1) is 18.2 Å². The summed E-state index contributed by atoms with van der Waals surface area (Å²) in [7, 11) is 0. The molecule has 1 atom stereocenters. The molecular formula is C25H41N3O2. The van der Waals surface area contributed by atoms with E-state index in [1.165, 1.54) is 5.56 Å². The monoisotopic (exact) mass is 415 g/mol. The van der Waals surface area contributed by atoms with Gasteiger partial charge in [0.25, 0.3) is 0 Å². The largest absolute Gasteiger partial charge is 0.444 e. The predicted octanol–water partition coefficient (Wildman–Crippen LogP) is 6.64. The summed E-state index contributed by atoms with van der Waals surface area (Å²) in [6.07, 6.45) is 6.78. The molecule has 5 heteroatoms. The third-order valence-electron chi connectivity index (χ3n) is 4.89. The maximum Gasteiger partial charge on any atom is 0.410 e. The summed E-state index contributed by atoms with van der Waals surface area (Å²) in [5.41, 5.74) is 1.89. The normalized spacial score (nSPS) is 12.0. The summed E-state index contributed by atoms with van der Waals surface area (Å²) >= 11 is 0. The van der Waals surface area contributed by atoms with Crippen molar-refractivity contribution < 1.29 is 9.53 Å². The van der Waals surface area contributed by atoms with Crippen LogP contribution in [0.15, 0.2) is 42.9 Å². The average molecular weight is 416 g/mol. The second kappa shape index (κ2) is 13.1. The standard InChI is InChI=1S/C23H35N3O2.C2H6/c1-6-19(12-11-15-25(7-2)22(27)28-23(3,4)5)17-26-18-24-16-21(26)20-13-9-8-10-14-20;1-2/h8-10,13-14,16,18-19H,6-7,11-12,15,17H2,1-5H3;1-2H3. The van der Waals surface area contributed by atoms with E-state index in [2.05, 4.69) is 40.7 Å². The molecule has 0 saturated carbocycles. The van der Waals surface area contributed by atoms with Gasteiger partial charge in [0.1, 0.15) is 5.60 Å². The van der Waals surface area contributed by atoms with Crippen LogP contribution in [-0.2, 0) is 11.3 Å². The Bertz CT molecular complexity index is 719. The zero-order valence-electron chi connectivity index (χ0n) is 20.0. The van der Waals surface area contributed by atoms with Gasteiger partial charge in [-0.05, 0) is 52.0 Å². The summed E-state index contributed by atoms with van der Waals surface area (Å²) in [4.78, 5) is 18.4. The highest BCUT2D eigenvalue weighted by molar-refractivity contribution is 5.68. The minimum atomic E-state index is -0.453. The van der Waals surface area contributed by atoms with Crippen molar-refractivity contribution in [1.29, 1.82) is 0 Å².